The Morgan fingerprint density at radius 3 is 3.27 bits per heavy atom. The van der Waals surface area contributed by atoms with Crippen molar-refractivity contribution in [3.63, 3.8) is 0 Å². The van der Waals surface area contributed by atoms with Crippen LogP contribution in [0, 0.1) is 11.3 Å². The number of nitriles is 1. The Morgan fingerprint density at radius 1 is 1.67 bits per heavy atom. The molecule has 0 amide bonds. The molecule has 2 fully saturated rings. The third-order valence-corrected chi connectivity index (χ3v) is 3.59. The second-order valence-corrected chi connectivity index (χ2v) is 4.58. The lowest BCUT2D eigenvalue weighted by Crippen LogP contribution is -2.42. The molecule has 0 N–H and O–H groups in total. The summed E-state index contributed by atoms with van der Waals surface area (Å²) >= 11 is 0. The van der Waals surface area contributed by atoms with Gasteiger partial charge in [-0.15, -0.1) is 0 Å². The first-order valence-electron chi connectivity index (χ1n) is 5.59. The first-order chi connectivity index (χ1) is 7.30. The Labute approximate surface area is 91.3 Å². The predicted octanol–water partition coefficient (Wildman–Crippen LogP) is 1.71. The fourth-order valence-electron chi connectivity index (χ4n) is 2.97. The molecule has 3 heteroatoms. The number of rotatable bonds is 3. The van der Waals surface area contributed by atoms with Gasteiger partial charge in [-0.3, -0.25) is 4.90 Å². The molecule has 1 atom stereocenters. The molecule has 15 heavy (non-hydrogen) atoms. The van der Waals surface area contributed by atoms with Gasteiger partial charge in [0.1, 0.15) is 0 Å². The molecule has 0 aromatic carbocycles. The molecule has 0 aromatic rings. The van der Waals surface area contributed by atoms with Gasteiger partial charge in [0.25, 0.3) is 0 Å². The van der Waals surface area contributed by atoms with Gasteiger partial charge >= 0.3 is 0 Å². The van der Waals surface area contributed by atoms with E-state index in [1.165, 1.54) is 25.0 Å². The second kappa shape index (κ2) is 4.34. The van der Waals surface area contributed by atoms with Crippen LogP contribution in [0.25, 0.3) is 0 Å². The van der Waals surface area contributed by atoms with E-state index >= 15 is 0 Å². The van der Waals surface area contributed by atoms with Crippen LogP contribution in [0.4, 0.5) is 0 Å². The largest absolute Gasteiger partial charge is 0.383 e. The Hall–Kier alpha value is -0.850. The summed E-state index contributed by atoms with van der Waals surface area (Å²) in [5.41, 5.74) is 1.68. The zero-order valence-corrected chi connectivity index (χ0v) is 9.33. The number of ether oxygens (including phenoxy) is 1. The van der Waals surface area contributed by atoms with Crippen LogP contribution in [0.1, 0.15) is 25.7 Å². The fourth-order valence-corrected chi connectivity index (χ4v) is 2.97. The van der Waals surface area contributed by atoms with E-state index in [-0.39, 0.29) is 5.54 Å². The second-order valence-electron chi connectivity index (χ2n) is 4.58. The van der Waals surface area contributed by atoms with Crippen molar-refractivity contribution in [1.29, 1.82) is 5.26 Å². The molecular formula is C12H18N2O. The summed E-state index contributed by atoms with van der Waals surface area (Å²) < 4.78 is 5.35. The smallest absolute Gasteiger partial charge is 0.0663 e. The topological polar surface area (TPSA) is 36.3 Å². The van der Waals surface area contributed by atoms with Crippen LogP contribution in [0.3, 0.4) is 0 Å². The maximum absolute atomic E-state index is 8.56. The van der Waals surface area contributed by atoms with Crippen LogP contribution >= 0.6 is 0 Å². The summed E-state index contributed by atoms with van der Waals surface area (Å²) in [4.78, 5) is 2.53. The van der Waals surface area contributed by atoms with E-state index in [4.69, 9.17) is 10.00 Å². The predicted molar refractivity (Wildman–Crippen MR) is 58.3 cm³/mol. The zero-order valence-electron chi connectivity index (χ0n) is 9.33. The van der Waals surface area contributed by atoms with Crippen molar-refractivity contribution in [2.24, 2.45) is 0 Å². The Bertz CT molecular complexity index is 305. The number of nitrogens with zero attached hydrogens (tertiary/aromatic N) is 2. The lowest BCUT2D eigenvalue weighted by molar-refractivity contribution is 0.0656. The van der Waals surface area contributed by atoms with E-state index in [2.05, 4.69) is 17.0 Å². The van der Waals surface area contributed by atoms with Crippen LogP contribution in [0.5, 0.6) is 0 Å². The zero-order chi connectivity index (χ0) is 10.7. The van der Waals surface area contributed by atoms with E-state index < -0.39 is 0 Å². The molecule has 3 nitrogen and oxygen atoms in total. The van der Waals surface area contributed by atoms with Gasteiger partial charge < -0.3 is 4.74 Å². The van der Waals surface area contributed by atoms with E-state index in [0.29, 0.717) is 6.42 Å². The highest BCUT2D eigenvalue weighted by Gasteiger charge is 2.45. The summed E-state index contributed by atoms with van der Waals surface area (Å²) in [6.45, 7) is 3.06. The van der Waals surface area contributed by atoms with Crippen molar-refractivity contribution >= 4 is 0 Å². The van der Waals surface area contributed by atoms with Crippen molar-refractivity contribution in [3.05, 3.63) is 11.6 Å². The van der Waals surface area contributed by atoms with Gasteiger partial charge in [-0.25, -0.2) is 0 Å². The molecule has 82 valence electrons. The van der Waals surface area contributed by atoms with Crippen LogP contribution in [0.15, 0.2) is 11.6 Å². The number of fused-ring (bicyclic) bond motifs is 1. The summed E-state index contributed by atoms with van der Waals surface area (Å²) in [5, 5.41) is 8.56. The molecule has 2 heterocycles. The van der Waals surface area contributed by atoms with Gasteiger partial charge in [-0.05, 0) is 25.8 Å². The Morgan fingerprint density at radius 2 is 2.53 bits per heavy atom. The highest BCUT2D eigenvalue weighted by Crippen LogP contribution is 2.41. The van der Waals surface area contributed by atoms with Crippen molar-refractivity contribution < 1.29 is 4.74 Å². The number of allylic oxidation sites excluding steroid dienone is 1. The first-order valence-corrected chi connectivity index (χ1v) is 5.59. The molecule has 0 saturated carbocycles. The Balaban J connectivity index is 2.07. The Kier molecular flexibility index (Phi) is 3.08. The average Bonchev–Trinajstić information content (AvgIpc) is 2.71. The van der Waals surface area contributed by atoms with Crippen molar-refractivity contribution in [1.82, 2.24) is 4.90 Å². The minimum Gasteiger partial charge on any atom is -0.383 e. The molecule has 0 unspecified atom stereocenters. The van der Waals surface area contributed by atoms with Crippen LogP contribution in [-0.4, -0.2) is 37.2 Å². The standard InChI is InChI=1S/C12H18N2O/c1-15-10-12-5-3-7-14(12)9-11(8-12)4-2-6-13/h4H,2-3,5,7-10H2,1H3/b11-4-/t12-/m0/s1. The summed E-state index contributed by atoms with van der Waals surface area (Å²) in [6.07, 6.45) is 6.27. The van der Waals surface area contributed by atoms with Crippen LogP contribution < -0.4 is 0 Å². The quantitative estimate of drug-likeness (QED) is 0.660. The minimum absolute atomic E-state index is 0.260. The number of hydrogen-bond donors (Lipinski definition) is 0. The van der Waals surface area contributed by atoms with Crippen molar-refractivity contribution in [3.8, 4) is 6.07 Å². The lowest BCUT2D eigenvalue weighted by atomic mass is 9.93. The number of methoxy groups -OCH3 is 1. The minimum atomic E-state index is 0.260. The summed E-state index contributed by atoms with van der Waals surface area (Å²) in [6, 6.07) is 2.18. The first kappa shape index (κ1) is 10.7. The molecule has 0 aliphatic carbocycles. The van der Waals surface area contributed by atoms with E-state index in [1.807, 2.05) is 0 Å². The normalized spacial score (nSPS) is 33.2. The van der Waals surface area contributed by atoms with Crippen LogP contribution in [-0.2, 0) is 4.74 Å². The highest BCUT2D eigenvalue weighted by atomic mass is 16.5. The molecule has 0 spiro atoms. The maximum Gasteiger partial charge on any atom is 0.0663 e. The molecular weight excluding hydrogens is 188 g/mol. The highest BCUT2D eigenvalue weighted by molar-refractivity contribution is 5.21. The van der Waals surface area contributed by atoms with Gasteiger partial charge in [-0.2, -0.15) is 5.26 Å². The van der Waals surface area contributed by atoms with Crippen molar-refractivity contribution in [2.75, 3.05) is 26.8 Å². The van der Waals surface area contributed by atoms with Gasteiger partial charge in [-0.1, -0.05) is 11.6 Å². The van der Waals surface area contributed by atoms with E-state index in [0.717, 1.165) is 19.6 Å². The van der Waals surface area contributed by atoms with Gasteiger partial charge in [0.15, 0.2) is 0 Å². The molecule has 2 rings (SSSR count). The average molecular weight is 206 g/mol. The lowest BCUT2D eigenvalue weighted by Gasteiger charge is -2.30. The van der Waals surface area contributed by atoms with Gasteiger partial charge in [0.05, 0.1) is 19.1 Å². The maximum atomic E-state index is 8.56. The summed E-state index contributed by atoms with van der Waals surface area (Å²) in [5.74, 6) is 0. The summed E-state index contributed by atoms with van der Waals surface area (Å²) in [7, 11) is 1.78. The molecule has 2 aliphatic rings. The third-order valence-electron chi connectivity index (χ3n) is 3.59. The molecule has 2 saturated heterocycles. The number of hydrogen-bond acceptors (Lipinski definition) is 3. The molecule has 0 bridgehead atoms. The van der Waals surface area contributed by atoms with E-state index in [9.17, 15) is 0 Å². The van der Waals surface area contributed by atoms with Crippen molar-refractivity contribution in [2.45, 2.75) is 31.2 Å². The SMILES string of the molecule is COC[C@@]12CCCN1C/C(=C\CC#N)C2. The third kappa shape index (κ3) is 1.92. The monoisotopic (exact) mass is 206 g/mol. The van der Waals surface area contributed by atoms with E-state index in [1.54, 1.807) is 7.11 Å². The van der Waals surface area contributed by atoms with Crippen LogP contribution in [0.2, 0.25) is 0 Å². The molecule has 0 aromatic heterocycles. The van der Waals surface area contributed by atoms with Gasteiger partial charge in [0.2, 0.25) is 0 Å². The van der Waals surface area contributed by atoms with Gasteiger partial charge in [0, 0.05) is 19.2 Å². The molecule has 2 aliphatic heterocycles. The fraction of sp³-hybridized carbons (Fsp3) is 0.750. The molecule has 0 radical (unpaired) electrons.